The van der Waals surface area contributed by atoms with Gasteiger partial charge in [-0.2, -0.15) is 0 Å². The first-order chi connectivity index (χ1) is 27.3. The van der Waals surface area contributed by atoms with E-state index in [9.17, 15) is 20.1 Å². The van der Waals surface area contributed by atoms with Crippen molar-refractivity contribution in [2.24, 2.45) is 16.8 Å². The number of phenols is 2. The number of nitrogens with zero attached hydrogens (tertiary/aromatic N) is 1. The Morgan fingerprint density at radius 3 is 2.46 bits per heavy atom. The Morgan fingerprint density at radius 2 is 1.71 bits per heavy atom. The normalized spacial score (nSPS) is 15.7. The molecule has 1 aliphatic carbocycles. The fraction of sp³-hybridized carbons (Fsp3) is 0.354. The number of phenolic OH excluding ortho intramolecular Hbond substituents is 2. The van der Waals surface area contributed by atoms with E-state index in [0.29, 0.717) is 43.6 Å². The van der Waals surface area contributed by atoms with Crippen LogP contribution in [-0.2, 0) is 36.9 Å². The fourth-order valence-electron chi connectivity index (χ4n) is 8.60. The molecule has 2 aliphatic rings. The number of carbonyl (C=O) groups is 1. The Bertz CT molecular complexity index is 2180. The zero-order valence-corrected chi connectivity index (χ0v) is 32.4. The SMILES string of the molecule is CCc1ccc2ccccc2c1Cc1c(C[C@H](Cc2cc[nH]c2)[C@H](O)CC(=O)[C@H](CC2=C[CH+]N=C2)Cc2ccc(O)c(OC3CCCC3)c2)ccc(O)c1OC. The summed E-state index contributed by atoms with van der Waals surface area (Å²) in [5.41, 5.74) is 7.14. The molecule has 0 radical (unpaired) electrons. The Balaban J connectivity index is 1.17. The van der Waals surface area contributed by atoms with Crippen molar-refractivity contribution in [1.82, 2.24) is 4.98 Å². The van der Waals surface area contributed by atoms with E-state index < -0.39 is 12.0 Å². The third kappa shape index (κ3) is 9.14. The molecule has 1 aliphatic heterocycles. The molecular weight excluding hydrogens is 701 g/mol. The number of aromatic amines is 1. The molecule has 8 nitrogen and oxygen atoms in total. The second kappa shape index (κ2) is 18.0. The molecule has 0 saturated heterocycles. The molecule has 0 spiro atoms. The number of H-pyrrole nitrogens is 1. The maximum atomic E-state index is 14.4. The molecule has 8 heteroatoms. The molecule has 1 saturated carbocycles. The van der Waals surface area contributed by atoms with Gasteiger partial charge in [-0.3, -0.25) is 4.79 Å². The van der Waals surface area contributed by atoms with Crippen molar-refractivity contribution in [2.75, 3.05) is 7.11 Å². The number of allylic oxidation sites excluding steroid dienone is 1. The van der Waals surface area contributed by atoms with Crippen LogP contribution in [0.4, 0.5) is 0 Å². The average molecular weight is 754 g/mol. The number of hydrogen-bond donors (Lipinski definition) is 4. The van der Waals surface area contributed by atoms with Gasteiger partial charge in [0.2, 0.25) is 0 Å². The number of ether oxygens (including phenoxy) is 2. The summed E-state index contributed by atoms with van der Waals surface area (Å²) >= 11 is 0. The Morgan fingerprint density at radius 1 is 0.911 bits per heavy atom. The average Bonchev–Trinajstić information content (AvgIpc) is 4.03. The molecule has 1 aromatic heterocycles. The van der Waals surface area contributed by atoms with Gasteiger partial charge in [0.15, 0.2) is 29.2 Å². The van der Waals surface area contributed by atoms with Crippen molar-refractivity contribution in [3.8, 4) is 23.0 Å². The number of ketones is 1. The third-order valence-corrected chi connectivity index (χ3v) is 11.7. The van der Waals surface area contributed by atoms with Crippen LogP contribution in [0.1, 0.15) is 78.8 Å². The van der Waals surface area contributed by atoms with E-state index in [1.165, 1.54) is 11.1 Å². The van der Waals surface area contributed by atoms with Crippen LogP contribution in [0.25, 0.3) is 10.8 Å². The van der Waals surface area contributed by atoms with Crippen LogP contribution in [0.3, 0.4) is 0 Å². The second-order valence-corrected chi connectivity index (χ2v) is 15.4. The number of fused-ring (bicyclic) bond motifs is 1. The highest BCUT2D eigenvalue weighted by Gasteiger charge is 2.31. The number of aliphatic imine (C=N–C) groups is 1. The topological polar surface area (TPSA) is 124 Å². The molecule has 0 bridgehead atoms. The Hall–Kier alpha value is -5.47. The van der Waals surface area contributed by atoms with Gasteiger partial charge in [-0.05, 0) is 120 Å². The van der Waals surface area contributed by atoms with E-state index in [4.69, 9.17) is 9.47 Å². The highest BCUT2D eigenvalue weighted by Crippen LogP contribution is 2.39. The smallest absolute Gasteiger partial charge is 0.176 e. The van der Waals surface area contributed by atoms with Crippen molar-refractivity contribution in [3.05, 3.63) is 137 Å². The zero-order chi connectivity index (χ0) is 39.0. The number of rotatable bonds is 18. The molecule has 4 aromatic carbocycles. The summed E-state index contributed by atoms with van der Waals surface area (Å²) < 4.78 is 12.1. The summed E-state index contributed by atoms with van der Waals surface area (Å²) in [4.78, 5) is 21.8. The number of aliphatic hydroxyl groups is 1. The van der Waals surface area contributed by atoms with Crippen LogP contribution in [0, 0.1) is 18.4 Å². The molecular formula is C48H53N2O6+. The van der Waals surface area contributed by atoms with Gasteiger partial charge in [-0.1, -0.05) is 55.5 Å². The quantitative estimate of drug-likeness (QED) is 0.0662. The molecule has 2 heterocycles. The van der Waals surface area contributed by atoms with Crippen LogP contribution in [-0.4, -0.2) is 51.6 Å². The summed E-state index contributed by atoms with van der Waals surface area (Å²) in [6, 6.07) is 23.7. The molecule has 7 rings (SSSR count). The van der Waals surface area contributed by atoms with Crippen LogP contribution >= 0.6 is 0 Å². The summed E-state index contributed by atoms with van der Waals surface area (Å²) in [5.74, 6) is 0.280. The number of benzene rings is 4. The molecule has 290 valence electrons. The standard InChI is InChI=1S/C48H52N2O6/c1-3-34-13-14-35-8-4-7-11-40(35)41(34)27-42-36(15-17-44(52)48(42)55-2)26-38(24-33-19-21-50-30-33)46(54)28-45(53)37(23-32-18-20-49-29-32)22-31-12-16-43(51)47(25-31)56-39-9-5-6-10-39/h4,7-8,11-21,25,29-30,37-39,46,50,54H,3,5-6,9-10,22-24,26-28H2,1-2H3,(H-,51,52)/p+1/t37-,38-,46+/m0/s1. The maximum Gasteiger partial charge on any atom is 0.176 e. The Labute approximate surface area is 329 Å². The Kier molecular flexibility index (Phi) is 12.5. The van der Waals surface area contributed by atoms with Crippen LogP contribution < -0.4 is 9.47 Å². The minimum absolute atomic E-state index is 0.0226. The molecule has 0 amide bonds. The van der Waals surface area contributed by atoms with Crippen LogP contribution in [0.2, 0.25) is 0 Å². The van der Waals surface area contributed by atoms with Gasteiger partial charge in [0.05, 0.1) is 25.4 Å². The number of nitrogens with one attached hydrogen (secondary N) is 1. The molecule has 0 unspecified atom stereocenters. The third-order valence-electron chi connectivity index (χ3n) is 11.7. The van der Waals surface area contributed by atoms with Crippen LogP contribution in [0.15, 0.2) is 102 Å². The predicted molar refractivity (Wildman–Crippen MR) is 222 cm³/mol. The highest BCUT2D eigenvalue weighted by atomic mass is 16.5. The largest absolute Gasteiger partial charge is 0.504 e. The maximum absolute atomic E-state index is 14.4. The molecule has 56 heavy (non-hydrogen) atoms. The lowest BCUT2D eigenvalue weighted by molar-refractivity contribution is -0.125. The molecule has 4 N–H and O–H groups in total. The lowest BCUT2D eigenvalue weighted by Gasteiger charge is -2.26. The lowest BCUT2D eigenvalue weighted by Crippen LogP contribution is -2.31. The summed E-state index contributed by atoms with van der Waals surface area (Å²) in [5, 5.41) is 36.1. The second-order valence-electron chi connectivity index (χ2n) is 15.4. The monoisotopic (exact) mass is 753 g/mol. The van der Waals surface area contributed by atoms with Gasteiger partial charge in [0.1, 0.15) is 17.9 Å². The summed E-state index contributed by atoms with van der Waals surface area (Å²) in [6.07, 6.45) is 14.1. The number of aliphatic hydroxyl groups excluding tert-OH is 1. The van der Waals surface area contributed by atoms with Crippen molar-refractivity contribution < 1.29 is 29.6 Å². The number of methoxy groups -OCH3 is 1. The van der Waals surface area contributed by atoms with Crippen LogP contribution in [0.5, 0.6) is 23.0 Å². The molecule has 1 fully saturated rings. The van der Waals surface area contributed by atoms with Crippen molar-refractivity contribution >= 4 is 22.8 Å². The highest BCUT2D eigenvalue weighted by molar-refractivity contribution is 5.88. The van der Waals surface area contributed by atoms with Gasteiger partial charge < -0.3 is 29.8 Å². The number of carbonyl (C=O) groups excluding carboxylic acids is 1. The van der Waals surface area contributed by atoms with E-state index in [1.54, 1.807) is 32.0 Å². The molecule has 5 aromatic rings. The van der Waals surface area contributed by atoms with E-state index in [2.05, 4.69) is 47.2 Å². The summed E-state index contributed by atoms with van der Waals surface area (Å²) in [7, 11) is 1.58. The first-order valence-electron chi connectivity index (χ1n) is 20.0. The first-order valence-corrected chi connectivity index (χ1v) is 20.0. The van der Waals surface area contributed by atoms with Crippen molar-refractivity contribution in [2.45, 2.75) is 89.8 Å². The van der Waals surface area contributed by atoms with Gasteiger partial charge in [0, 0.05) is 43.1 Å². The van der Waals surface area contributed by atoms with E-state index in [1.807, 2.05) is 48.8 Å². The van der Waals surface area contributed by atoms with Gasteiger partial charge in [-0.15, -0.1) is 4.99 Å². The van der Waals surface area contributed by atoms with E-state index >= 15 is 0 Å². The van der Waals surface area contributed by atoms with Gasteiger partial charge >= 0.3 is 0 Å². The minimum Gasteiger partial charge on any atom is -0.504 e. The number of aromatic nitrogens is 1. The van der Waals surface area contributed by atoms with E-state index in [-0.39, 0.29) is 35.7 Å². The lowest BCUT2D eigenvalue weighted by atomic mass is 9.81. The fourth-order valence-corrected chi connectivity index (χ4v) is 8.60. The van der Waals surface area contributed by atoms with Crippen molar-refractivity contribution in [1.29, 1.82) is 0 Å². The number of aromatic hydroxyl groups is 2. The molecule has 3 atom stereocenters. The number of Topliss-reactive ketones (excluding diaryl/α,β-unsaturated/α-hetero) is 1. The summed E-state index contributed by atoms with van der Waals surface area (Å²) in [6.45, 7) is 3.89. The zero-order valence-electron chi connectivity index (χ0n) is 32.4. The number of aryl methyl sites for hydroxylation is 1. The predicted octanol–water partition coefficient (Wildman–Crippen LogP) is 9.21. The minimum atomic E-state index is -0.949. The van der Waals surface area contributed by atoms with Crippen molar-refractivity contribution in [3.63, 3.8) is 0 Å². The van der Waals surface area contributed by atoms with Gasteiger partial charge in [-0.25, -0.2) is 0 Å². The van der Waals surface area contributed by atoms with Gasteiger partial charge in [0.25, 0.3) is 0 Å². The first kappa shape index (κ1) is 38.8. The van der Waals surface area contributed by atoms with E-state index in [0.717, 1.165) is 70.7 Å². The number of hydrogen-bond acceptors (Lipinski definition) is 7.